The van der Waals surface area contributed by atoms with Crippen molar-refractivity contribution in [2.45, 2.75) is 32.6 Å². The fourth-order valence-electron chi connectivity index (χ4n) is 3.56. The lowest BCUT2D eigenvalue weighted by molar-refractivity contribution is 0.0786. The van der Waals surface area contributed by atoms with Crippen LogP contribution >= 0.6 is 0 Å². The van der Waals surface area contributed by atoms with E-state index >= 15 is 0 Å². The number of amides is 1. The maximum Gasteiger partial charge on any atom is 0.257 e. The lowest BCUT2D eigenvalue weighted by Crippen LogP contribution is -2.33. The molecule has 2 saturated heterocycles. The van der Waals surface area contributed by atoms with Crippen molar-refractivity contribution in [3.05, 3.63) is 17.5 Å². The summed E-state index contributed by atoms with van der Waals surface area (Å²) >= 11 is 0. The number of carbonyl (C=O) groups is 1. The maximum absolute atomic E-state index is 12.7. The molecule has 25 heavy (non-hydrogen) atoms. The zero-order valence-electron chi connectivity index (χ0n) is 14.5. The third-order valence-corrected chi connectivity index (χ3v) is 5.81. The van der Waals surface area contributed by atoms with Gasteiger partial charge in [0, 0.05) is 32.4 Å². The van der Waals surface area contributed by atoms with Gasteiger partial charge in [-0.25, -0.2) is 23.5 Å². The van der Waals surface area contributed by atoms with Crippen LogP contribution in [0.2, 0.25) is 0 Å². The summed E-state index contributed by atoms with van der Waals surface area (Å²) in [5.74, 6) is 0.356. The summed E-state index contributed by atoms with van der Waals surface area (Å²) in [6.45, 7) is 4.66. The number of nitrogens with zero attached hydrogens (tertiary/aromatic N) is 4. The van der Waals surface area contributed by atoms with Gasteiger partial charge in [-0.15, -0.1) is 0 Å². The molecule has 0 saturated carbocycles. The molecule has 1 atom stereocenters. The van der Waals surface area contributed by atoms with Crippen LogP contribution in [0.25, 0.3) is 0 Å². The van der Waals surface area contributed by atoms with Crippen LogP contribution in [0, 0.1) is 12.8 Å². The molecule has 0 unspecified atom stereocenters. The van der Waals surface area contributed by atoms with Crippen LogP contribution in [0.5, 0.6) is 0 Å². The number of hydrogen-bond acceptors (Lipinski definition) is 6. The van der Waals surface area contributed by atoms with Crippen molar-refractivity contribution in [1.82, 2.24) is 14.9 Å². The average molecular weight is 367 g/mol. The van der Waals surface area contributed by atoms with E-state index in [1.807, 2.05) is 6.92 Å². The number of aromatic nitrogens is 2. The zero-order chi connectivity index (χ0) is 18.0. The highest BCUT2D eigenvalue weighted by atomic mass is 32.2. The van der Waals surface area contributed by atoms with Gasteiger partial charge in [0.2, 0.25) is 16.0 Å². The van der Waals surface area contributed by atoms with Gasteiger partial charge in [0.15, 0.2) is 0 Å². The predicted octanol–water partition coefficient (Wildman–Crippen LogP) is 0.526. The number of carbonyl (C=O) groups excluding carboxylic acids is 1. The van der Waals surface area contributed by atoms with E-state index in [0.717, 1.165) is 25.9 Å². The Morgan fingerprint density at radius 1 is 1.28 bits per heavy atom. The first kappa shape index (κ1) is 18.1. The molecule has 2 aliphatic heterocycles. The Morgan fingerprint density at radius 2 is 2.00 bits per heavy atom. The number of primary sulfonamides is 1. The largest absolute Gasteiger partial charge is 0.341 e. The molecular formula is C16H25N5O3S. The number of sulfonamides is 1. The van der Waals surface area contributed by atoms with Crippen molar-refractivity contribution in [3.8, 4) is 0 Å². The molecule has 1 aromatic heterocycles. The summed E-state index contributed by atoms with van der Waals surface area (Å²) in [7, 11) is -3.52. The second-order valence-corrected chi connectivity index (χ2v) is 8.61. The molecule has 9 heteroatoms. The second-order valence-electron chi connectivity index (χ2n) is 6.95. The first-order valence-electron chi connectivity index (χ1n) is 8.72. The predicted molar refractivity (Wildman–Crippen MR) is 94.8 cm³/mol. The Kier molecular flexibility index (Phi) is 5.24. The Hall–Kier alpha value is -1.74. The van der Waals surface area contributed by atoms with Gasteiger partial charge in [-0.2, -0.15) is 0 Å². The van der Waals surface area contributed by atoms with Crippen LogP contribution in [0.3, 0.4) is 0 Å². The van der Waals surface area contributed by atoms with Gasteiger partial charge in [0.25, 0.3) is 5.91 Å². The first-order valence-corrected chi connectivity index (χ1v) is 10.4. The molecule has 3 heterocycles. The van der Waals surface area contributed by atoms with E-state index in [1.165, 1.54) is 6.42 Å². The molecule has 0 aliphatic carbocycles. The van der Waals surface area contributed by atoms with Gasteiger partial charge in [-0.1, -0.05) is 0 Å². The molecule has 2 aliphatic rings. The Labute approximate surface area is 148 Å². The topological polar surface area (TPSA) is 109 Å². The Morgan fingerprint density at radius 3 is 2.64 bits per heavy atom. The van der Waals surface area contributed by atoms with E-state index in [2.05, 4.69) is 14.9 Å². The fourth-order valence-corrected chi connectivity index (χ4v) is 4.49. The molecule has 138 valence electrons. The third kappa shape index (κ3) is 4.46. The molecule has 3 rings (SSSR count). The summed E-state index contributed by atoms with van der Waals surface area (Å²) in [4.78, 5) is 25.4. The molecule has 2 fully saturated rings. The molecule has 0 aromatic carbocycles. The average Bonchev–Trinajstić information content (AvgIpc) is 3.01. The molecular weight excluding hydrogens is 342 g/mol. The standard InChI is InChI=1S/C16H25N5O3S/c1-12-14(9-18-16(19-12)20-6-3-2-4-7-20)15(22)21-8-5-13(10-21)11-25(17,23)24/h9,13H,2-8,10-11H2,1H3,(H2,17,23,24)/t13-/m1/s1. The van der Waals surface area contributed by atoms with E-state index in [9.17, 15) is 13.2 Å². The lowest BCUT2D eigenvalue weighted by Gasteiger charge is -2.27. The number of aryl methyl sites for hydroxylation is 1. The SMILES string of the molecule is Cc1nc(N2CCCCC2)ncc1C(=O)N1CC[C@@H](CS(N)(=O)=O)C1. The number of anilines is 1. The Balaban J connectivity index is 1.68. The number of rotatable bonds is 4. The molecule has 1 aromatic rings. The van der Waals surface area contributed by atoms with Crippen molar-refractivity contribution >= 4 is 21.9 Å². The van der Waals surface area contributed by atoms with Crippen molar-refractivity contribution in [1.29, 1.82) is 0 Å². The lowest BCUT2D eigenvalue weighted by atomic mass is 10.1. The molecule has 2 N–H and O–H groups in total. The number of hydrogen-bond donors (Lipinski definition) is 1. The minimum Gasteiger partial charge on any atom is -0.341 e. The molecule has 0 radical (unpaired) electrons. The van der Waals surface area contributed by atoms with Crippen molar-refractivity contribution in [2.75, 3.05) is 36.8 Å². The van der Waals surface area contributed by atoms with E-state index < -0.39 is 10.0 Å². The minimum absolute atomic E-state index is 0.0832. The monoisotopic (exact) mass is 367 g/mol. The highest BCUT2D eigenvalue weighted by Gasteiger charge is 2.30. The van der Waals surface area contributed by atoms with Gasteiger partial charge in [0.05, 0.1) is 17.0 Å². The van der Waals surface area contributed by atoms with Crippen molar-refractivity contribution in [2.24, 2.45) is 11.1 Å². The van der Waals surface area contributed by atoms with Crippen LogP contribution in [0.4, 0.5) is 5.95 Å². The van der Waals surface area contributed by atoms with E-state index in [-0.39, 0.29) is 17.6 Å². The quantitative estimate of drug-likeness (QED) is 0.831. The molecule has 0 spiro atoms. The fraction of sp³-hybridized carbons (Fsp3) is 0.688. The molecule has 1 amide bonds. The highest BCUT2D eigenvalue weighted by Crippen LogP contribution is 2.22. The summed E-state index contributed by atoms with van der Waals surface area (Å²) in [6, 6.07) is 0. The maximum atomic E-state index is 12.7. The van der Waals surface area contributed by atoms with Crippen LogP contribution < -0.4 is 10.0 Å². The van der Waals surface area contributed by atoms with E-state index in [1.54, 1.807) is 11.1 Å². The van der Waals surface area contributed by atoms with Crippen LogP contribution in [-0.2, 0) is 10.0 Å². The van der Waals surface area contributed by atoms with Gasteiger partial charge in [0.1, 0.15) is 0 Å². The van der Waals surface area contributed by atoms with Crippen LogP contribution in [-0.4, -0.2) is 61.1 Å². The van der Waals surface area contributed by atoms with Crippen LogP contribution in [0.15, 0.2) is 6.20 Å². The number of nitrogens with two attached hydrogens (primary N) is 1. The summed E-state index contributed by atoms with van der Waals surface area (Å²) in [5.41, 5.74) is 1.15. The highest BCUT2D eigenvalue weighted by molar-refractivity contribution is 7.89. The van der Waals surface area contributed by atoms with Crippen molar-refractivity contribution in [3.63, 3.8) is 0 Å². The van der Waals surface area contributed by atoms with Gasteiger partial charge >= 0.3 is 0 Å². The molecule has 8 nitrogen and oxygen atoms in total. The third-order valence-electron chi connectivity index (χ3n) is 4.88. The smallest absolute Gasteiger partial charge is 0.257 e. The van der Waals surface area contributed by atoms with Gasteiger partial charge < -0.3 is 9.80 Å². The Bertz CT molecular complexity index is 746. The summed E-state index contributed by atoms with van der Waals surface area (Å²) in [5, 5.41) is 5.10. The molecule has 0 bridgehead atoms. The summed E-state index contributed by atoms with van der Waals surface area (Å²) in [6.07, 6.45) is 5.76. The van der Waals surface area contributed by atoms with Crippen LogP contribution in [0.1, 0.15) is 41.7 Å². The van der Waals surface area contributed by atoms with Gasteiger partial charge in [-0.3, -0.25) is 4.79 Å². The summed E-state index contributed by atoms with van der Waals surface area (Å²) < 4.78 is 22.5. The minimum atomic E-state index is -3.52. The first-order chi connectivity index (χ1) is 11.8. The zero-order valence-corrected chi connectivity index (χ0v) is 15.3. The second kappa shape index (κ2) is 7.25. The normalized spacial score (nSPS) is 21.6. The number of likely N-dealkylation sites (tertiary alicyclic amines) is 1. The van der Waals surface area contributed by atoms with E-state index in [0.29, 0.717) is 36.7 Å². The number of piperidine rings is 1. The van der Waals surface area contributed by atoms with Crippen molar-refractivity contribution < 1.29 is 13.2 Å². The van der Waals surface area contributed by atoms with E-state index in [4.69, 9.17) is 5.14 Å². The van der Waals surface area contributed by atoms with Gasteiger partial charge in [-0.05, 0) is 38.5 Å².